The summed E-state index contributed by atoms with van der Waals surface area (Å²) in [4.78, 5) is 22.8. The lowest BCUT2D eigenvalue weighted by molar-refractivity contribution is 0.0529. The number of halogens is 2. The molecule has 1 atom stereocenters. The van der Waals surface area contributed by atoms with Crippen molar-refractivity contribution in [1.82, 2.24) is 15.3 Å². The van der Waals surface area contributed by atoms with Crippen LogP contribution in [-0.4, -0.2) is 54.7 Å². The summed E-state index contributed by atoms with van der Waals surface area (Å²) in [6.45, 7) is 3.83. The first-order chi connectivity index (χ1) is 13.5. The second kappa shape index (κ2) is 9.41. The van der Waals surface area contributed by atoms with Gasteiger partial charge in [-0.15, -0.1) is 0 Å². The summed E-state index contributed by atoms with van der Waals surface area (Å²) < 4.78 is 34.9. The molecule has 150 valence electrons. The molecule has 0 saturated carbocycles. The first-order valence-corrected chi connectivity index (χ1v) is 8.98. The number of amides is 1. The van der Waals surface area contributed by atoms with E-state index in [2.05, 4.69) is 20.2 Å². The monoisotopic (exact) mass is 392 g/mol. The minimum atomic E-state index is -2.58. The zero-order chi connectivity index (χ0) is 19.9. The quantitative estimate of drug-likeness (QED) is 0.779. The number of anilines is 1. The van der Waals surface area contributed by atoms with Gasteiger partial charge in [0.15, 0.2) is 0 Å². The molecule has 0 radical (unpaired) electrons. The summed E-state index contributed by atoms with van der Waals surface area (Å²) in [5.74, 6) is 0.621. The minimum absolute atomic E-state index is 0.0960. The average Bonchev–Trinajstić information content (AvgIpc) is 2.71. The minimum Gasteiger partial charge on any atom is -0.488 e. The number of hydrogen-bond donors (Lipinski definition) is 1. The third-order valence-electron chi connectivity index (χ3n) is 4.17. The van der Waals surface area contributed by atoms with Crippen molar-refractivity contribution < 1.29 is 23.0 Å². The third-order valence-corrected chi connectivity index (χ3v) is 4.17. The molecule has 7 nitrogen and oxygen atoms in total. The third kappa shape index (κ3) is 5.59. The number of rotatable bonds is 7. The Balaban J connectivity index is 1.53. The van der Waals surface area contributed by atoms with Crippen molar-refractivity contribution >= 4 is 11.7 Å². The highest BCUT2D eigenvalue weighted by Crippen LogP contribution is 2.16. The van der Waals surface area contributed by atoms with Crippen LogP contribution in [0.25, 0.3) is 0 Å². The summed E-state index contributed by atoms with van der Waals surface area (Å²) in [5, 5.41) is 2.73. The molecule has 0 unspecified atom stereocenters. The van der Waals surface area contributed by atoms with Crippen LogP contribution in [0, 0.1) is 0 Å². The standard InChI is InChI=1S/C19H22F2N4O3/c1-13-11-25(6-7-27-13)18-3-2-14(9-23-18)10-24-19(26)16-8-15(4-5-22-16)28-12-17(20)21/h2-5,8-9,13,17H,6-7,10-12H2,1H3,(H,24,26)/t13-/m1/s1. The van der Waals surface area contributed by atoms with Crippen molar-refractivity contribution in [1.29, 1.82) is 0 Å². The first kappa shape index (κ1) is 19.9. The van der Waals surface area contributed by atoms with E-state index in [-0.39, 0.29) is 24.1 Å². The number of ether oxygens (including phenoxy) is 2. The van der Waals surface area contributed by atoms with E-state index in [1.54, 1.807) is 6.20 Å². The van der Waals surface area contributed by atoms with E-state index in [1.807, 2.05) is 19.1 Å². The Kier molecular flexibility index (Phi) is 6.70. The predicted octanol–water partition coefficient (Wildman–Crippen LogP) is 2.28. The summed E-state index contributed by atoms with van der Waals surface area (Å²) >= 11 is 0. The van der Waals surface area contributed by atoms with Crippen LogP contribution in [0.1, 0.15) is 23.0 Å². The van der Waals surface area contributed by atoms with E-state index in [0.29, 0.717) is 6.61 Å². The lowest BCUT2D eigenvalue weighted by Crippen LogP contribution is -2.41. The van der Waals surface area contributed by atoms with Crippen molar-refractivity contribution in [2.24, 2.45) is 0 Å². The van der Waals surface area contributed by atoms with E-state index in [0.717, 1.165) is 24.5 Å². The fourth-order valence-corrected chi connectivity index (χ4v) is 2.79. The second-order valence-electron chi connectivity index (χ2n) is 6.41. The van der Waals surface area contributed by atoms with Crippen LogP contribution in [0.4, 0.5) is 14.6 Å². The Bertz CT molecular complexity index is 789. The van der Waals surface area contributed by atoms with Gasteiger partial charge in [0.2, 0.25) is 0 Å². The van der Waals surface area contributed by atoms with Gasteiger partial charge >= 0.3 is 0 Å². The van der Waals surface area contributed by atoms with Crippen LogP contribution in [0.3, 0.4) is 0 Å². The number of alkyl halides is 2. The molecule has 1 fully saturated rings. The Hall–Kier alpha value is -2.81. The maximum Gasteiger partial charge on any atom is 0.272 e. The molecule has 0 bridgehead atoms. The normalized spacial score (nSPS) is 16.9. The maximum atomic E-state index is 12.2. The van der Waals surface area contributed by atoms with Gasteiger partial charge in [0, 0.05) is 38.1 Å². The highest BCUT2D eigenvalue weighted by Gasteiger charge is 2.17. The van der Waals surface area contributed by atoms with Crippen LogP contribution in [0.5, 0.6) is 5.75 Å². The number of carbonyl (C=O) groups is 1. The Morgan fingerprint density at radius 3 is 2.96 bits per heavy atom. The molecule has 3 rings (SSSR count). The Morgan fingerprint density at radius 2 is 2.25 bits per heavy atom. The summed E-state index contributed by atoms with van der Waals surface area (Å²) in [6, 6.07) is 6.57. The number of carbonyl (C=O) groups excluding carboxylic acids is 1. The molecule has 2 aromatic rings. The smallest absolute Gasteiger partial charge is 0.272 e. The van der Waals surface area contributed by atoms with Crippen LogP contribution in [0.15, 0.2) is 36.7 Å². The molecule has 1 aliphatic heterocycles. The predicted molar refractivity (Wildman–Crippen MR) is 98.8 cm³/mol. The van der Waals surface area contributed by atoms with Crippen LogP contribution >= 0.6 is 0 Å². The molecule has 1 aliphatic rings. The van der Waals surface area contributed by atoms with Crippen LogP contribution in [0.2, 0.25) is 0 Å². The van der Waals surface area contributed by atoms with Crippen LogP contribution in [-0.2, 0) is 11.3 Å². The summed E-state index contributed by atoms with van der Waals surface area (Å²) in [7, 11) is 0. The molecule has 1 saturated heterocycles. The van der Waals surface area contributed by atoms with Crippen molar-refractivity contribution in [2.45, 2.75) is 26.0 Å². The van der Waals surface area contributed by atoms with Gasteiger partial charge in [-0.2, -0.15) is 0 Å². The number of hydrogen-bond acceptors (Lipinski definition) is 6. The summed E-state index contributed by atoms with van der Waals surface area (Å²) in [5.41, 5.74) is 0.933. The molecule has 0 spiro atoms. The molecule has 9 heteroatoms. The lowest BCUT2D eigenvalue weighted by atomic mass is 10.2. The largest absolute Gasteiger partial charge is 0.488 e. The van der Waals surface area contributed by atoms with Crippen molar-refractivity contribution in [3.05, 3.63) is 47.9 Å². The van der Waals surface area contributed by atoms with Gasteiger partial charge in [0.25, 0.3) is 12.3 Å². The van der Waals surface area contributed by atoms with Crippen molar-refractivity contribution in [3.8, 4) is 5.75 Å². The van der Waals surface area contributed by atoms with E-state index < -0.39 is 18.9 Å². The zero-order valence-corrected chi connectivity index (χ0v) is 15.5. The summed E-state index contributed by atoms with van der Waals surface area (Å²) in [6.07, 6.45) is 0.643. The topological polar surface area (TPSA) is 76.6 Å². The van der Waals surface area contributed by atoms with Gasteiger partial charge < -0.3 is 19.7 Å². The zero-order valence-electron chi connectivity index (χ0n) is 15.5. The number of morpholine rings is 1. The number of pyridine rings is 2. The van der Waals surface area contributed by atoms with E-state index in [1.165, 1.54) is 18.3 Å². The Morgan fingerprint density at radius 1 is 1.39 bits per heavy atom. The van der Waals surface area contributed by atoms with E-state index in [4.69, 9.17) is 9.47 Å². The van der Waals surface area contributed by atoms with Crippen molar-refractivity contribution in [2.75, 3.05) is 31.2 Å². The molecular weight excluding hydrogens is 370 g/mol. The molecule has 1 amide bonds. The highest BCUT2D eigenvalue weighted by atomic mass is 19.3. The molecule has 28 heavy (non-hydrogen) atoms. The SMILES string of the molecule is C[C@@H]1CN(c2ccc(CNC(=O)c3cc(OCC(F)F)ccn3)cn2)CCO1. The Labute approximate surface area is 161 Å². The van der Waals surface area contributed by atoms with Gasteiger partial charge in [0.05, 0.1) is 12.7 Å². The molecule has 0 aliphatic carbocycles. The number of nitrogens with one attached hydrogen (secondary N) is 1. The highest BCUT2D eigenvalue weighted by molar-refractivity contribution is 5.92. The van der Waals surface area contributed by atoms with Crippen molar-refractivity contribution in [3.63, 3.8) is 0 Å². The molecule has 2 aromatic heterocycles. The van der Waals surface area contributed by atoms with Crippen LogP contribution < -0.4 is 15.0 Å². The van der Waals surface area contributed by atoms with Gasteiger partial charge in [-0.3, -0.25) is 9.78 Å². The van der Waals surface area contributed by atoms with Gasteiger partial charge in [-0.05, 0) is 24.6 Å². The molecule has 3 heterocycles. The second-order valence-corrected chi connectivity index (χ2v) is 6.41. The van der Waals surface area contributed by atoms with Gasteiger partial charge in [-0.25, -0.2) is 13.8 Å². The van der Waals surface area contributed by atoms with Gasteiger partial charge in [0.1, 0.15) is 23.9 Å². The van der Waals surface area contributed by atoms with Gasteiger partial charge in [-0.1, -0.05) is 6.07 Å². The maximum absolute atomic E-state index is 12.2. The lowest BCUT2D eigenvalue weighted by Gasteiger charge is -2.32. The van der Waals surface area contributed by atoms with E-state index >= 15 is 0 Å². The fourth-order valence-electron chi connectivity index (χ4n) is 2.79. The van der Waals surface area contributed by atoms with E-state index in [9.17, 15) is 13.6 Å². The number of nitrogens with zero attached hydrogens (tertiary/aromatic N) is 3. The molecule has 0 aromatic carbocycles. The number of aromatic nitrogens is 2. The fraction of sp³-hybridized carbons (Fsp3) is 0.421. The average molecular weight is 392 g/mol. The first-order valence-electron chi connectivity index (χ1n) is 8.98. The molecule has 1 N–H and O–H groups in total. The molecular formula is C19H22F2N4O3.